The van der Waals surface area contributed by atoms with Crippen LogP contribution in [0.4, 0.5) is 4.79 Å². The van der Waals surface area contributed by atoms with Crippen LogP contribution in [0.15, 0.2) is 56.6 Å². The van der Waals surface area contributed by atoms with Crippen molar-refractivity contribution in [1.29, 1.82) is 0 Å². The average molecular weight is 474 g/mol. The SMILES string of the molecule is O=C(CCN1CCN(C(=O)OCc2cccc(S(=O)O)c2)CC1)c1ccc2[nH]c(=O)oc2c1. The summed E-state index contributed by atoms with van der Waals surface area (Å²) in [5, 5.41) is 0. The third-order valence-electron chi connectivity index (χ3n) is 5.49. The molecule has 1 aliphatic heterocycles. The Hall–Kier alpha value is -3.28. The molecule has 174 valence electrons. The summed E-state index contributed by atoms with van der Waals surface area (Å²) in [5.74, 6) is -0.602. The summed E-state index contributed by atoms with van der Waals surface area (Å²) in [6.07, 6.45) is -0.129. The number of nitrogens with zero attached hydrogens (tertiary/aromatic N) is 2. The zero-order chi connectivity index (χ0) is 23.4. The van der Waals surface area contributed by atoms with Gasteiger partial charge in [-0.15, -0.1) is 0 Å². The first-order valence-corrected chi connectivity index (χ1v) is 11.5. The topological polar surface area (TPSA) is 133 Å². The van der Waals surface area contributed by atoms with Crippen molar-refractivity contribution in [2.45, 2.75) is 17.9 Å². The predicted molar refractivity (Wildman–Crippen MR) is 119 cm³/mol. The molecule has 2 heterocycles. The molecule has 3 aromatic rings. The maximum atomic E-state index is 12.5. The maximum Gasteiger partial charge on any atom is 0.417 e. The van der Waals surface area contributed by atoms with Gasteiger partial charge < -0.3 is 18.6 Å². The van der Waals surface area contributed by atoms with Crippen LogP contribution >= 0.6 is 0 Å². The van der Waals surface area contributed by atoms with Gasteiger partial charge in [-0.1, -0.05) is 12.1 Å². The maximum absolute atomic E-state index is 12.5. The summed E-state index contributed by atoms with van der Waals surface area (Å²) in [5.41, 5.74) is 2.03. The highest BCUT2D eigenvalue weighted by Crippen LogP contribution is 2.15. The van der Waals surface area contributed by atoms with Gasteiger partial charge in [-0.3, -0.25) is 14.7 Å². The Labute approximate surface area is 191 Å². The van der Waals surface area contributed by atoms with Crippen LogP contribution in [-0.4, -0.2) is 68.1 Å². The van der Waals surface area contributed by atoms with Crippen LogP contribution in [0.5, 0.6) is 0 Å². The highest BCUT2D eigenvalue weighted by Gasteiger charge is 2.23. The fourth-order valence-electron chi connectivity index (χ4n) is 3.66. The van der Waals surface area contributed by atoms with Crippen molar-refractivity contribution in [2.75, 3.05) is 32.7 Å². The van der Waals surface area contributed by atoms with E-state index in [-0.39, 0.29) is 17.3 Å². The number of H-pyrrole nitrogens is 1. The highest BCUT2D eigenvalue weighted by atomic mass is 32.2. The molecule has 1 atom stereocenters. The molecule has 1 amide bonds. The number of ether oxygens (including phenoxy) is 1. The zero-order valence-electron chi connectivity index (χ0n) is 17.7. The van der Waals surface area contributed by atoms with Gasteiger partial charge in [0.2, 0.25) is 0 Å². The Bertz CT molecular complexity index is 1240. The van der Waals surface area contributed by atoms with Gasteiger partial charge in [0.05, 0.1) is 10.4 Å². The fraction of sp³-hybridized carbons (Fsp3) is 0.318. The number of piperazine rings is 1. The minimum Gasteiger partial charge on any atom is -0.445 e. The van der Waals surface area contributed by atoms with Crippen molar-refractivity contribution in [3.05, 3.63) is 64.1 Å². The number of aromatic amines is 1. The van der Waals surface area contributed by atoms with E-state index in [0.717, 1.165) is 0 Å². The van der Waals surface area contributed by atoms with Gasteiger partial charge in [-0.25, -0.2) is 13.8 Å². The van der Waals surface area contributed by atoms with Gasteiger partial charge in [0.25, 0.3) is 0 Å². The summed E-state index contributed by atoms with van der Waals surface area (Å²) in [6.45, 7) is 2.77. The fourth-order valence-corrected chi connectivity index (χ4v) is 4.10. The molecule has 2 N–H and O–H groups in total. The Kier molecular flexibility index (Phi) is 7.02. The van der Waals surface area contributed by atoms with Crippen molar-refractivity contribution >= 4 is 34.1 Å². The first-order chi connectivity index (χ1) is 15.9. The standard InChI is InChI=1S/C22H23N3O7S/c26-19(16-4-5-18-20(13-16)32-21(27)23-18)6-7-24-8-10-25(11-9-24)22(28)31-14-15-2-1-3-17(12-15)33(29)30/h1-5,12-13H,6-11,14H2,(H,23,27)(H,29,30). The van der Waals surface area contributed by atoms with Crippen LogP contribution in [0.25, 0.3) is 11.1 Å². The lowest BCUT2D eigenvalue weighted by atomic mass is 10.1. The van der Waals surface area contributed by atoms with Crippen molar-refractivity contribution in [3.63, 3.8) is 0 Å². The number of amides is 1. The number of nitrogens with one attached hydrogen (secondary N) is 1. The number of oxazole rings is 1. The van der Waals surface area contributed by atoms with E-state index in [1.54, 1.807) is 35.2 Å². The molecule has 0 spiro atoms. The lowest BCUT2D eigenvalue weighted by Gasteiger charge is -2.33. The Morgan fingerprint density at radius 3 is 2.67 bits per heavy atom. The zero-order valence-corrected chi connectivity index (χ0v) is 18.5. The van der Waals surface area contributed by atoms with E-state index < -0.39 is 22.9 Å². The van der Waals surface area contributed by atoms with Crippen LogP contribution in [0, 0.1) is 0 Å². The molecule has 2 aromatic carbocycles. The number of fused-ring (bicyclic) bond motifs is 1. The number of benzene rings is 2. The van der Waals surface area contributed by atoms with E-state index in [2.05, 4.69) is 9.88 Å². The molecule has 1 fully saturated rings. The third-order valence-corrected chi connectivity index (χ3v) is 6.15. The normalized spacial score (nSPS) is 15.5. The van der Waals surface area contributed by atoms with E-state index in [0.29, 0.717) is 61.4 Å². The number of Topliss-reactive ketones (excluding diaryl/α,β-unsaturated/α-hetero) is 1. The van der Waals surface area contributed by atoms with Crippen LogP contribution in [-0.2, 0) is 22.4 Å². The number of ketones is 1. The van der Waals surface area contributed by atoms with Gasteiger partial charge >= 0.3 is 11.8 Å². The van der Waals surface area contributed by atoms with Crippen LogP contribution in [0.2, 0.25) is 0 Å². The van der Waals surface area contributed by atoms with Gasteiger partial charge in [0.15, 0.2) is 22.4 Å². The number of hydrogen-bond donors (Lipinski definition) is 2. The number of aromatic nitrogens is 1. The monoisotopic (exact) mass is 473 g/mol. The molecule has 0 saturated carbocycles. The minimum atomic E-state index is -2.08. The molecule has 4 rings (SSSR count). The summed E-state index contributed by atoms with van der Waals surface area (Å²) in [4.78, 5) is 42.6. The molecule has 11 heteroatoms. The van der Waals surface area contributed by atoms with Crippen molar-refractivity contribution in [3.8, 4) is 0 Å². The molecule has 1 aliphatic rings. The second-order valence-corrected chi connectivity index (χ2v) is 8.65. The molecule has 10 nitrogen and oxygen atoms in total. The van der Waals surface area contributed by atoms with Crippen molar-refractivity contribution < 1.29 is 27.5 Å². The quantitative estimate of drug-likeness (QED) is 0.394. The predicted octanol–water partition coefficient (Wildman–Crippen LogP) is 2.23. The molecule has 1 unspecified atom stereocenters. The third kappa shape index (κ3) is 5.75. The van der Waals surface area contributed by atoms with Gasteiger partial charge in [-0.05, 0) is 35.9 Å². The summed E-state index contributed by atoms with van der Waals surface area (Å²) >= 11 is -2.08. The van der Waals surface area contributed by atoms with Gasteiger partial charge in [-0.2, -0.15) is 0 Å². The first-order valence-electron chi connectivity index (χ1n) is 10.4. The Balaban J connectivity index is 1.21. The lowest BCUT2D eigenvalue weighted by Crippen LogP contribution is -2.49. The average Bonchev–Trinajstić information content (AvgIpc) is 3.20. The molecular formula is C22H23N3O7S. The Morgan fingerprint density at radius 1 is 1.12 bits per heavy atom. The Morgan fingerprint density at radius 2 is 1.91 bits per heavy atom. The number of rotatable bonds is 7. The van der Waals surface area contributed by atoms with Crippen LogP contribution in [0.3, 0.4) is 0 Å². The van der Waals surface area contributed by atoms with Crippen molar-refractivity contribution in [2.24, 2.45) is 0 Å². The molecule has 1 saturated heterocycles. The summed E-state index contributed by atoms with van der Waals surface area (Å²) < 4.78 is 30.6. The smallest absolute Gasteiger partial charge is 0.417 e. The lowest BCUT2D eigenvalue weighted by molar-refractivity contribution is 0.0696. The van der Waals surface area contributed by atoms with E-state index in [9.17, 15) is 18.6 Å². The van der Waals surface area contributed by atoms with Crippen LogP contribution in [0.1, 0.15) is 22.3 Å². The molecule has 0 bridgehead atoms. The number of carbonyl (C=O) groups is 2. The van der Waals surface area contributed by atoms with E-state index in [4.69, 9.17) is 13.7 Å². The van der Waals surface area contributed by atoms with Crippen molar-refractivity contribution in [1.82, 2.24) is 14.8 Å². The first kappa shape index (κ1) is 22.9. The molecule has 0 radical (unpaired) electrons. The van der Waals surface area contributed by atoms with E-state index in [1.807, 2.05) is 0 Å². The molecular weight excluding hydrogens is 450 g/mol. The summed E-state index contributed by atoms with van der Waals surface area (Å²) in [6, 6.07) is 11.3. The van der Waals surface area contributed by atoms with Crippen LogP contribution < -0.4 is 5.76 Å². The second-order valence-electron chi connectivity index (χ2n) is 7.68. The second kappa shape index (κ2) is 10.1. The van der Waals surface area contributed by atoms with Gasteiger partial charge in [0, 0.05) is 44.7 Å². The summed E-state index contributed by atoms with van der Waals surface area (Å²) in [7, 11) is 0. The van der Waals surface area contributed by atoms with E-state index >= 15 is 0 Å². The van der Waals surface area contributed by atoms with Gasteiger partial charge in [0.1, 0.15) is 6.61 Å². The molecule has 33 heavy (non-hydrogen) atoms. The minimum absolute atomic E-state index is 0.0181. The van der Waals surface area contributed by atoms with E-state index in [1.165, 1.54) is 12.1 Å². The number of hydrogen-bond acceptors (Lipinski definition) is 7. The largest absolute Gasteiger partial charge is 0.445 e. The number of carbonyl (C=O) groups excluding carboxylic acids is 2. The molecule has 0 aliphatic carbocycles. The highest BCUT2D eigenvalue weighted by molar-refractivity contribution is 7.79. The molecule has 1 aromatic heterocycles.